The molecule has 7 nitrogen and oxygen atoms in total. The van der Waals surface area contributed by atoms with Crippen molar-refractivity contribution < 1.29 is 19.1 Å². The summed E-state index contributed by atoms with van der Waals surface area (Å²) >= 11 is 0. The summed E-state index contributed by atoms with van der Waals surface area (Å²) in [6.45, 7) is -0.0880. The number of methoxy groups -OCH3 is 1. The summed E-state index contributed by atoms with van der Waals surface area (Å²) in [7, 11) is 1.47. The molecular formula is C13H11N3O4. The van der Waals surface area contributed by atoms with Gasteiger partial charge >= 0.3 is 6.03 Å². The number of hydrogen-bond acceptors (Lipinski definition) is 5. The Kier molecular flexibility index (Phi) is 3.86. The molecule has 7 heteroatoms. The highest BCUT2D eigenvalue weighted by molar-refractivity contribution is 6.13. The van der Waals surface area contributed by atoms with E-state index in [1.54, 1.807) is 18.2 Å². The van der Waals surface area contributed by atoms with Gasteiger partial charge in [0.2, 0.25) is 0 Å². The van der Waals surface area contributed by atoms with Crippen LogP contribution in [0.3, 0.4) is 0 Å². The topological polar surface area (TPSA) is 100 Å². The number of imide groups is 1. The first-order valence-corrected chi connectivity index (χ1v) is 5.66. The molecule has 1 aromatic rings. The highest BCUT2D eigenvalue weighted by atomic mass is 16.5. The molecule has 3 amide bonds. The van der Waals surface area contributed by atoms with Crippen molar-refractivity contribution in [2.24, 2.45) is 0 Å². The molecule has 0 aromatic heterocycles. The van der Waals surface area contributed by atoms with Gasteiger partial charge in [-0.3, -0.25) is 10.1 Å². The fourth-order valence-corrected chi connectivity index (χ4v) is 1.65. The molecule has 1 heterocycles. The average molecular weight is 273 g/mol. The number of carbonyl (C=O) groups excluding carboxylic acids is 2. The van der Waals surface area contributed by atoms with Gasteiger partial charge < -0.3 is 14.8 Å². The molecule has 0 unspecified atom stereocenters. The Morgan fingerprint density at radius 2 is 2.10 bits per heavy atom. The molecule has 2 N–H and O–H groups in total. The van der Waals surface area contributed by atoms with Crippen LogP contribution in [0.2, 0.25) is 0 Å². The lowest BCUT2D eigenvalue weighted by Crippen LogP contribution is -2.22. The predicted molar refractivity (Wildman–Crippen MR) is 68.8 cm³/mol. The van der Waals surface area contributed by atoms with Crippen molar-refractivity contribution in [2.75, 3.05) is 13.7 Å². The van der Waals surface area contributed by atoms with Crippen LogP contribution in [0.4, 0.5) is 4.79 Å². The third-order valence-corrected chi connectivity index (χ3v) is 2.51. The number of rotatable bonds is 4. The summed E-state index contributed by atoms with van der Waals surface area (Å²) in [5.74, 6) is 0.370. The quantitative estimate of drug-likeness (QED) is 0.623. The van der Waals surface area contributed by atoms with E-state index >= 15 is 0 Å². The number of carbonyl (C=O) groups is 2. The predicted octanol–water partition coefficient (Wildman–Crippen LogP) is 0.778. The number of nitrogens with zero attached hydrogens (tertiary/aromatic N) is 1. The molecule has 20 heavy (non-hydrogen) atoms. The Bertz CT molecular complexity index is 631. The fraction of sp³-hybridized carbons (Fsp3) is 0.154. The lowest BCUT2D eigenvalue weighted by atomic mass is 10.1. The molecule has 102 valence electrons. The van der Waals surface area contributed by atoms with Gasteiger partial charge in [0.05, 0.1) is 7.11 Å². The van der Waals surface area contributed by atoms with Crippen LogP contribution in [0.5, 0.6) is 11.5 Å². The second kappa shape index (κ2) is 5.75. The van der Waals surface area contributed by atoms with Crippen molar-refractivity contribution in [3.05, 3.63) is 29.5 Å². The largest absolute Gasteiger partial charge is 0.493 e. The molecule has 0 atom stereocenters. The Morgan fingerprint density at radius 1 is 1.30 bits per heavy atom. The zero-order chi connectivity index (χ0) is 14.5. The zero-order valence-corrected chi connectivity index (χ0v) is 10.6. The molecule has 2 rings (SSSR count). The second-order valence-corrected chi connectivity index (χ2v) is 3.82. The third kappa shape index (κ3) is 2.87. The van der Waals surface area contributed by atoms with Crippen LogP contribution >= 0.6 is 0 Å². The van der Waals surface area contributed by atoms with E-state index in [1.807, 2.05) is 6.07 Å². The van der Waals surface area contributed by atoms with Gasteiger partial charge in [-0.2, -0.15) is 5.26 Å². The highest BCUT2D eigenvalue weighted by Gasteiger charge is 2.22. The third-order valence-electron chi connectivity index (χ3n) is 2.51. The number of urea groups is 1. The Hall–Kier alpha value is -3.01. The lowest BCUT2D eigenvalue weighted by Gasteiger charge is -2.09. The van der Waals surface area contributed by atoms with E-state index in [0.717, 1.165) is 0 Å². The number of nitriles is 1. The molecule has 1 fully saturated rings. The number of ether oxygens (including phenoxy) is 2. The Labute approximate surface area is 114 Å². The average Bonchev–Trinajstić information content (AvgIpc) is 2.75. The number of hydrogen-bond donors (Lipinski definition) is 2. The summed E-state index contributed by atoms with van der Waals surface area (Å²) in [5, 5.41) is 13.0. The molecular weight excluding hydrogens is 262 g/mol. The SMILES string of the molecule is COc1cc(C=C2NC(=O)NC2=O)ccc1OCC#N. The van der Waals surface area contributed by atoms with Crippen molar-refractivity contribution in [2.45, 2.75) is 0 Å². The van der Waals surface area contributed by atoms with Crippen molar-refractivity contribution in [3.63, 3.8) is 0 Å². The maximum Gasteiger partial charge on any atom is 0.326 e. The first-order valence-electron chi connectivity index (χ1n) is 5.66. The van der Waals surface area contributed by atoms with E-state index in [9.17, 15) is 9.59 Å². The van der Waals surface area contributed by atoms with Gasteiger partial charge in [0, 0.05) is 0 Å². The van der Waals surface area contributed by atoms with Gasteiger partial charge in [-0.1, -0.05) is 6.07 Å². The smallest absolute Gasteiger partial charge is 0.326 e. The van der Waals surface area contributed by atoms with Crippen LogP contribution in [0, 0.1) is 11.3 Å². The minimum absolute atomic E-state index is 0.0880. The molecule has 1 aromatic carbocycles. The van der Waals surface area contributed by atoms with E-state index < -0.39 is 11.9 Å². The molecule has 0 aliphatic carbocycles. The fourth-order valence-electron chi connectivity index (χ4n) is 1.65. The standard InChI is InChI=1S/C13H11N3O4/c1-19-11-7-8(2-3-10(11)20-5-4-14)6-9-12(17)16-13(18)15-9/h2-3,6-7H,5H2,1H3,(H2,15,16,17,18). The summed E-state index contributed by atoms with van der Waals surface area (Å²) in [6.07, 6.45) is 1.51. The summed E-state index contributed by atoms with van der Waals surface area (Å²) in [4.78, 5) is 22.4. The monoisotopic (exact) mass is 273 g/mol. The van der Waals surface area contributed by atoms with E-state index in [0.29, 0.717) is 17.1 Å². The molecule has 1 saturated heterocycles. The normalized spacial score (nSPS) is 15.5. The Morgan fingerprint density at radius 3 is 2.70 bits per heavy atom. The van der Waals surface area contributed by atoms with E-state index in [4.69, 9.17) is 14.7 Å². The minimum Gasteiger partial charge on any atom is -0.493 e. The highest BCUT2D eigenvalue weighted by Crippen LogP contribution is 2.28. The molecule has 0 saturated carbocycles. The first kappa shape index (κ1) is 13.4. The van der Waals surface area contributed by atoms with Crippen molar-refractivity contribution in [3.8, 4) is 17.6 Å². The van der Waals surface area contributed by atoms with Crippen LogP contribution in [0.15, 0.2) is 23.9 Å². The lowest BCUT2D eigenvalue weighted by molar-refractivity contribution is -0.115. The van der Waals surface area contributed by atoms with Crippen LogP contribution in [-0.2, 0) is 4.79 Å². The summed E-state index contributed by atoms with van der Waals surface area (Å²) in [6, 6.07) is 6.25. The second-order valence-electron chi connectivity index (χ2n) is 3.82. The van der Waals surface area contributed by atoms with Crippen LogP contribution < -0.4 is 20.1 Å². The number of benzene rings is 1. The maximum absolute atomic E-state index is 11.4. The van der Waals surface area contributed by atoms with Crippen LogP contribution in [0.1, 0.15) is 5.56 Å². The van der Waals surface area contributed by atoms with E-state index in [1.165, 1.54) is 13.2 Å². The molecule has 1 aliphatic heterocycles. The number of nitrogens with one attached hydrogen (secondary N) is 2. The van der Waals surface area contributed by atoms with Crippen LogP contribution in [-0.4, -0.2) is 25.7 Å². The number of amides is 3. The van der Waals surface area contributed by atoms with E-state index in [-0.39, 0.29) is 12.3 Å². The van der Waals surface area contributed by atoms with Gasteiger partial charge in [-0.25, -0.2) is 4.79 Å². The molecule has 1 aliphatic rings. The Balaban J connectivity index is 2.26. The van der Waals surface area contributed by atoms with Crippen LogP contribution in [0.25, 0.3) is 6.08 Å². The van der Waals surface area contributed by atoms with Gasteiger partial charge in [0.1, 0.15) is 11.8 Å². The minimum atomic E-state index is -0.554. The van der Waals surface area contributed by atoms with Crippen molar-refractivity contribution in [1.82, 2.24) is 10.6 Å². The summed E-state index contributed by atoms with van der Waals surface area (Å²) in [5.41, 5.74) is 0.807. The molecule has 0 radical (unpaired) electrons. The molecule has 0 spiro atoms. The van der Waals surface area contributed by atoms with Crippen molar-refractivity contribution in [1.29, 1.82) is 5.26 Å². The van der Waals surface area contributed by atoms with Gasteiger partial charge in [0.15, 0.2) is 18.1 Å². The zero-order valence-electron chi connectivity index (χ0n) is 10.6. The van der Waals surface area contributed by atoms with Crippen molar-refractivity contribution >= 4 is 18.0 Å². The molecule has 0 bridgehead atoms. The summed E-state index contributed by atoms with van der Waals surface area (Å²) < 4.78 is 10.3. The van der Waals surface area contributed by atoms with Gasteiger partial charge in [0.25, 0.3) is 5.91 Å². The van der Waals surface area contributed by atoms with E-state index in [2.05, 4.69) is 10.6 Å². The maximum atomic E-state index is 11.4. The van der Waals surface area contributed by atoms with Gasteiger partial charge in [-0.15, -0.1) is 0 Å². The first-order chi connectivity index (χ1) is 9.63. The van der Waals surface area contributed by atoms with Gasteiger partial charge in [-0.05, 0) is 23.8 Å².